The van der Waals surface area contributed by atoms with Crippen LogP contribution in [0.1, 0.15) is 52.9 Å². The fourth-order valence-electron chi connectivity index (χ4n) is 1.45. The van der Waals surface area contributed by atoms with Crippen molar-refractivity contribution < 1.29 is 8.78 Å². The smallest absolute Gasteiger partial charge is 0.253 e. The monoisotopic (exact) mass is 221 g/mol. The second-order valence-electron chi connectivity index (χ2n) is 4.67. The van der Waals surface area contributed by atoms with E-state index >= 15 is 0 Å². The fourth-order valence-corrected chi connectivity index (χ4v) is 1.45. The van der Waals surface area contributed by atoms with Crippen LogP contribution in [0, 0.1) is 5.92 Å². The van der Waals surface area contributed by atoms with Crippen molar-refractivity contribution in [3.63, 3.8) is 0 Å². The minimum atomic E-state index is -2.24. The van der Waals surface area contributed by atoms with Gasteiger partial charge >= 0.3 is 0 Å². The second-order valence-corrected chi connectivity index (χ2v) is 4.67. The first kappa shape index (κ1) is 14.8. The van der Waals surface area contributed by atoms with E-state index in [0.29, 0.717) is 6.54 Å². The van der Waals surface area contributed by atoms with Gasteiger partial charge in [0.05, 0.1) is 6.04 Å². The molecule has 0 aromatic carbocycles. The standard InChI is InChI=1S/C12H25F2N/c1-10(2)8-6-4-5-7-9-15-11(3)12(13)14/h10-12,15H,4-9H2,1-3H3. The molecule has 1 atom stereocenters. The number of hydrogen-bond acceptors (Lipinski definition) is 1. The highest BCUT2D eigenvalue weighted by Crippen LogP contribution is 2.09. The molecule has 0 saturated carbocycles. The van der Waals surface area contributed by atoms with Gasteiger partial charge in [-0.1, -0.05) is 39.5 Å². The Labute approximate surface area is 92.6 Å². The van der Waals surface area contributed by atoms with Gasteiger partial charge in [0.2, 0.25) is 0 Å². The van der Waals surface area contributed by atoms with Crippen LogP contribution in [0.4, 0.5) is 8.78 Å². The predicted molar refractivity (Wildman–Crippen MR) is 61.4 cm³/mol. The van der Waals surface area contributed by atoms with Crippen LogP contribution in [0.5, 0.6) is 0 Å². The van der Waals surface area contributed by atoms with Crippen molar-refractivity contribution in [1.29, 1.82) is 0 Å². The summed E-state index contributed by atoms with van der Waals surface area (Å²) < 4.78 is 24.2. The molecule has 92 valence electrons. The Bertz CT molecular complexity index is 138. The quantitative estimate of drug-likeness (QED) is 0.583. The third kappa shape index (κ3) is 10.1. The molecule has 0 amide bonds. The van der Waals surface area contributed by atoms with Crippen molar-refractivity contribution in [2.24, 2.45) is 5.92 Å². The van der Waals surface area contributed by atoms with Gasteiger partial charge in [-0.3, -0.25) is 0 Å². The summed E-state index contributed by atoms with van der Waals surface area (Å²) in [6, 6.07) is -0.666. The molecule has 1 unspecified atom stereocenters. The molecule has 0 radical (unpaired) electrons. The zero-order valence-corrected chi connectivity index (χ0v) is 10.2. The molecule has 0 rings (SSSR count). The average molecular weight is 221 g/mol. The largest absolute Gasteiger partial charge is 0.309 e. The first-order valence-electron chi connectivity index (χ1n) is 6.05. The van der Waals surface area contributed by atoms with Gasteiger partial charge in [0.25, 0.3) is 6.43 Å². The molecule has 0 aliphatic rings. The zero-order valence-electron chi connectivity index (χ0n) is 10.2. The summed E-state index contributed by atoms with van der Waals surface area (Å²) in [5, 5.41) is 2.83. The van der Waals surface area contributed by atoms with E-state index < -0.39 is 12.5 Å². The lowest BCUT2D eigenvalue weighted by atomic mass is 10.0. The van der Waals surface area contributed by atoms with Gasteiger partial charge in [-0.15, -0.1) is 0 Å². The molecule has 3 heteroatoms. The summed E-state index contributed by atoms with van der Waals surface area (Å²) in [5.41, 5.74) is 0. The first-order chi connectivity index (χ1) is 7.04. The highest BCUT2D eigenvalue weighted by Gasteiger charge is 2.12. The molecule has 1 nitrogen and oxygen atoms in total. The molecule has 0 saturated heterocycles. The minimum absolute atomic E-state index is 0.666. The number of halogens is 2. The maximum Gasteiger partial charge on any atom is 0.253 e. The highest BCUT2D eigenvalue weighted by molar-refractivity contribution is 4.62. The molecule has 1 N–H and O–H groups in total. The normalized spacial score (nSPS) is 13.8. The molecule has 0 spiro atoms. The van der Waals surface area contributed by atoms with Crippen molar-refractivity contribution in [2.75, 3.05) is 6.54 Å². The van der Waals surface area contributed by atoms with Gasteiger partial charge in [0.15, 0.2) is 0 Å². The van der Waals surface area contributed by atoms with Gasteiger partial charge in [-0.05, 0) is 25.8 Å². The summed E-state index contributed by atoms with van der Waals surface area (Å²) in [6.45, 7) is 6.70. The van der Waals surface area contributed by atoms with Crippen LogP contribution >= 0.6 is 0 Å². The van der Waals surface area contributed by atoms with Crippen molar-refractivity contribution in [3.05, 3.63) is 0 Å². The Balaban J connectivity index is 3.11. The number of nitrogens with one attached hydrogen (secondary N) is 1. The number of alkyl halides is 2. The van der Waals surface area contributed by atoms with E-state index in [9.17, 15) is 8.78 Å². The van der Waals surface area contributed by atoms with Crippen molar-refractivity contribution in [1.82, 2.24) is 5.32 Å². The van der Waals surface area contributed by atoms with Crippen LogP contribution in [-0.2, 0) is 0 Å². The Morgan fingerprint density at radius 3 is 2.07 bits per heavy atom. The Morgan fingerprint density at radius 1 is 0.933 bits per heavy atom. The molecule has 0 fully saturated rings. The predicted octanol–water partition coefficient (Wildman–Crippen LogP) is 3.84. The summed E-state index contributed by atoms with van der Waals surface area (Å²) >= 11 is 0. The summed E-state index contributed by atoms with van der Waals surface area (Å²) in [5.74, 6) is 0.780. The lowest BCUT2D eigenvalue weighted by Crippen LogP contribution is -2.33. The minimum Gasteiger partial charge on any atom is -0.309 e. The summed E-state index contributed by atoms with van der Waals surface area (Å²) in [6.07, 6.45) is 3.68. The summed E-state index contributed by atoms with van der Waals surface area (Å²) in [4.78, 5) is 0. The van der Waals surface area contributed by atoms with Gasteiger partial charge in [-0.25, -0.2) is 8.78 Å². The maximum atomic E-state index is 12.1. The van der Waals surface area contributed by atoms with Crippen LogP contribution in [0.2, 0.25) is 0 Å². The number of hydrogen-bond donors (Lipinski definition) is 1. The van der Waals surface area contributed by atoms with Gasteiger partial charge in [0, 0.05) is 0 Å². The van der Waals surface area contributed by atoms with Crippen LogP contribution in [0.3, 0.4) is 0 Å². The Kier molecular flexibility index (Phi) is 8.97. The van der Waals surface area contributed by atoms with Gasteiger partial charge < -0.3 is 5.32 Å². The van der Waals surface area contributed by atoms with E-state index in [1.165, 1.54) is 26.2 Å². The fraction of sp³-hybridized carbons (Fsp3) is 1.00. The maximum absolute atomic E-state index is 12.1. The van der Waals surface area contributed by atoms with Gasteiger partial charge in [-0.2, -0.15) is 0 Å². The second kappa shape index (κ2) is 9.08. The molecular weight excluding hydrogens is 196 g/mol. The van der Waals surface area contributed by atoms with E-state index in [1.807, 2.05) is 0 Å². The van der Waals surface area contributed by atoms with Crippen LogP contribution in [0.25, 0.3) is 0 Å². The first-order valence-corrected chi connectivity index (χ1v) is 6.05. The van der Waals surface area contributed by atoms with E-state index in [1.54, 1.807) is 0 Å². The average Bonchev–Trinajstić information content (AvgIpc) is 2.15. The zero-order chi connectivity index (χ0) is 11.7. The van der Waals surface area contributed by atoms with E-state index in [0.717, 1.165) is 18.8 Å². The molecule has 15 heavy (non-hydrogen) atoms. The summed E-state index contributed by atoms with van der Waals surface area (Å²) in [7, 11) is 0. The molecular formula is C12H25F2N. The van der Waals surface area contributed by atoms with Crippen molar-refractivity contribution >= 4 is 0 Å². The highest BCUT2D eigenvalue weighted by atomic mass is 19.3. The Morgan fingerprint density at radius 2 is 1.53 bits per heavy atom. The molecule has 0 bridgehead atoms. The topological polar surface area (TPSA) is 12.0 Å². The molecule has 0 aliphatic carbocycles. The molecule has 0 aromatic rings. The van der Waals surface area contributed by atoms with Crippen molar-refractivity contribution in [3.8, 4) is 0 Å². The molecule has 0 heterocycles. The Hall–Kier alpha value is -0.180. The molecule has 0 aliphatic heterocycles. The SMILES string of the molecule is CC(C)CCCCCCNC(C)C(F)F. The van der Waals surface area contributed by atoms with Crippen LogP contribution in [-0.4, -0.2) is 19.0 Å². The lowest BCUT2D eigenvalue weighted by Gasteiger charge is -2.12. The van der Waals surface area contributed by atoms with Crippen LogP contribution < -0.4 is 5.32 Å². The van der Waals surface area contributed by atoms with E-state index in [2.05, 4.69) is 19.2 Å². The lowest BCUT2D eigenvalue weighted by molar-refractivity contribution is 0.106. The third-order valence-electron chi connectivity index (χ3n) is 2.55. The van der Waals surface area contributed by atoms with E-state index in [4.69, 9.17) is 0 Å². The van der Waals surface area contributed by atoms with Crippen molar-refractivity contribution in [2.45, 2.75) is 65.3 Å². The molecule has 0 aromatic heterocycles. The third-order valence-corrected chi connectivity index (χ3v) is 2.55. The number of unbranched alkanes of at least 4 members (excludes halogenated alkanes) is 3. The number of rotatable bonds is 9. The van der Waals surface area contributed by atoms with Gasteiger partial charge in [0.1, 0.15) is 0 Å². The van der Waals surface area contributed by atoms with E-state index in [-0.39, 0.29) is 0 Å². The van der Waals surface area contributed by atoms with Crippen LogP contribution in [0.15, 0.2) is 0 Å².